The summed E-state index contributed by atoms with van der Waals surface area (Å²) < 4.78 is 13.2. The third-order valence-corrected chi connectivity index (χ3v) is 2.25. The van der Waals surface area contributed by atoms with E-state index in [0.29, 0.717) is 5.56 Å². The highest BCUT2D eigenvalue weighted by atomic mass is 19.1. The van der Waals surface area contributed by atoms with Crippen molar-refractivity contribution in [1.29, 1.82) is 5.26 Å². The number of halogens is 1. The van der Waals surface area contributed by atoms with Gasteiger partial charge in [-0.05, 0) is 31.5 Å². The van der Waals surface area contributed by atoms with Crippen LogP contribution in [-0.4, -0.2) is 13.1 Å². The molecular weight excluding hydrogens is 191 g/mol. The van der Waals surface area contributed by atoms with Gasteiger partial charge in [0.05, 0.1) is 11.6 Å². The maximum Gasteiger partial charge on any atom is 0.126 e. The zero-order valence-electron chi connectivity index (χ0n) is 9.13. The summed E-state index contributed by atoms with van der Waals surface area (Å²) in [6, 6.07) is 6.41. The van der Waals surface area contributed by atoms with Crippen LogP contribution < -0.4 is 4.90 Å². The van der Waals surface area contributed by atoms with Crippen molar-refractivity contribution in [1.82, 2.24) is 0 Å². The maximum absolute atomic E-state index is 13.2. The van der Waals surface area contributed by atoms with Crippen molar-refractivity contribution in [3.8, 4) is 6.07 Å². The normalized spacial score (nSPS) is 9.73. The molecule has 1 rings (SSSR count). The van der Waals surface area contributed by atoms with Gasteiger partial charge in [0.25, 0.3) is 0 Å². The van der Waals surface area contributed by atoms with Crippen LogP contribution >= 0.6 is 0 Å². The van der Waals surface area contributed by atoms with Crippen molar-refractivity contribution in [2.24, 2.45) is 0 Å². The summed E-state index contributed by atoms with van der Waals surface area (Å²) in [6.07, 6.45) is 1.01. The SMILES string of the molecule is CCCN(CC)c1cc(F)cc(C#N)c1. The summed E-state index contributed by atoms with van der Waals surface area (Å²) in [6.45, 7) is 5.80. The molecule has 0 aromatic heterocycles. The zero-order chi connectivity index (χ0) is 11.3. The monoisotopic (exact) mass is 206 g/mol. The molecule has 15 heavy (non-hydrogen) atoms. The molecule has 0 atom stereocenters. The van der Waals surface area contributed by atoms with Gasteiger partial charge in [0.1, 0.15) is 5.82 Å². The molecule has 0 spiro atoms. The van der Waals surface area contributed by atoms with Gasteiger partial charge in [-0.25, -0.2) is 4.39 Å². The lowest BCUT2D eigenvalue weighted by Crippen LogP contribution is -2.23. The van der Waals surface area contributed by atoms with Crippen LogP contribution in [0.5, 0.6) is 0 Å². The van der Waals surface area contributed by atoms with E-state index in [1.807, 2.05) is 13.0 Å². The zero-order valence-corrected chi connectivity index (χ0v) is 9.13. The summed E-state index contributed by atoms with van der Waals surface area (Å²) >= 11 is 0. The Morgan fingerprint density at radius 2 is 2.07 bits per heavy atom. The molecule has 0 unspecified atom stereocenters. The molecule has 0 aliphatic carbocycles. The van der Waals surface area contributed by atoms with Crippen molar-refractivity contribution in [3.05, 3.63) is 29.6 Å². The van der Waals surface area contributed by atoms with E-state index in [1.165, 1.54) is 12.1 Å². The second-order valence-electron chi connectivity index (χ2n) is 3.39. The van der Waals surface area contributed by atoms with E-state index < -0.39 is 0 Å². The van der Waals surface area contributed by atoms with Gasteiger partial charge in [0.15, 0.2) is 0 Å². The molecule has 0 bridgehead atoms. The average molecular weight is 206 g/mol. The van der Waals surface area contributed by atoms with Crippen LogP contribution in [0, 0.1) is 17.1 Å². The summed E-state index contributed by atoms with van der Waals surface area (Å²) in [5, 5.41) is 8.74. The van der Waals surface area contributed by atoms with Gasteiger partial charge in [-0.2, -0.15) is 5.26 Å². The number of hydrogen-bond acceptors (Lipinski definition) is 2. The molecule has 0 radical (unpaired) electrons. The Balaban J connectivity index is 3.02. The lowest BCUT2D eigenvalue weighted by atomic mass is 10.2. The first-order chi connectivity index (χ1) is 7.21. The van der Waals surface area contributed by atoms with Crippen LogP contribution in [0.3, 0.4) is 0 Å². The van der Waals surface area contributed by atoms with Crippen molar-refractivity contribution in [2.75, 3.05) is 18.0 Å². The molecule has 1 aromatic rings. The Labute approximate surface area is 89.9 Å². The van der Waals surface area contributed by atoms with Gasteiger partial charge < -0.3 is 4.90 Å². The maximum atomic E-state index is 13.2. The van der Waals surface area contributed by atoms with Gasteiger partial charge in [0, 0.05) is 18.8 Å². The summed E-state index contributed by atoms with van der Waals surface area (Å²) in [7, 11) is 0. The van der Waals surface area contributed by atoms with E-state index in [0.717, 1.165) is 25.2 Å². The Morgan fingerprint density at radius 1 is 1.33 bits per heavy atom. The highest BCUT2D eigenvalue weighted by molar-refractivity contribution is 5.51. The van der Waals surface area contributed by atoms with E-state index >= 15 is 0 Å². The predicted octanol–water partition coefficient (Wildman–Crippen LogP) is 2.93. The quantitative estimate of drug-likeness (QED) is 0.757. The second-order valence-corrected chi connectivity index (χ2v) is 3.39. The van der Waals surface area contributed by atoms with Crippen molar-refractivity contribution in [2.45, 2.75) is 20.3 Å². The van der Waals surface area contributed by atoms with E-state index in [4.69, 9.17) is 5.26 Å². The number of rotatable bonds is 4. The molecular formula is C12H15FN2. The standard InChI is InChI=1S/C12H15FN2/c1-3-5-15(4-2)12-7-10(9-14)6-11(13)8-12/h6-8H,3-5H2,1-2H3. The molecule has 3 heteroatoms. The molecule has 0 saturated heterocycles. The van der Waals surface area contributed by atoms with Crippen molar-refractivity contribution >= 4 is 5.69 Å². The van der Waals surface area contributed by atoms with Crippen LogP contribution in [0.4, 0.5) is 10.1 Å². The number of nitriles is 1. The van der Waals surface area contributed by atoms with Crippen molar-refractivity contribution < 1.29 is 4.39 Å². The second kappa shape index (κ2) is 5.35. The minimum Gasteiger partial charge on any atom is -0.372 e. The van der Waals surface area contributed by atoms with Crippen LogP contribution in [0.15, 0.2) is 18.2 Å². The van der Waals surface area contributed by atoms with E-state index in [-0.39, 0.29) is 5.82 Å². The molecule has 0 saturated carbocycles. The first kappa shape index (κ1) is 11.5. The topological polar surface area (TPSA) is 27.0 Å². The predicted molar refractivity (Wildman–Crippen MR) is 59.3 cm³/mol. The molecule has 0 amide bonds. The van der Waals surface area contributed by atoms with Crippen LogP contribution in [-0.2, 0) is 0 Å². The van der Waals surface area contributed by atoms with Crippen molar-refractivity contribution in [3.63, 3.8) is 0 Å². The van der Waals surface area contributed by atoms with E-state index in [2.05, 4.69) is 11.8 Å². The summed E-state index contributed by atoms with van der Waals surface area (Å²) in [5.74, 6) is -0.349. The lowest BCUT2D eigenvalue weighted by molar-refractivity contribution is 0.626. The minimum absolute atomic E-state index is 0.349. The fourth-order valence-corrected chi connectivity index (χ4v) is 1.56. The molecule has 0 aliphatic rings. The molecule has 2 nitrogen and oxygen atoms in total. The van der Waals surface area contributed by atoms with E-state index in [9.17, 15) is 4.39 Å². The smallest absolute Gasteiger partial charge is 0.126 e. The molecule has 0 N–H and O–H groups in total. The average Bonchev–Trinajstić information content (AvgIpc) is 2.24. The van der Waals surface area contributed by atoms with Gasteiger partial charge in [-0.3, -0.25) is 0 Å². The Morgan fingerprint density at radius 3 is 2.60 bits per heavy atom. The van der Waals surface area contributed by atoms with Gasteiger partial charge >= 0.3 is 0 Å². The van der Waals surface area contributed by atoms with Gasteiger partial charge in [-0.15, -0.1) is 0 Å². The van der Waals surface area contributed by atoms with Crippen LogP contribution in [0.2, 0.25) is 0 Å². The minimum atomic E-state index is -0.349. The first-order valence-corrected chi connectivity index (χ1v) is 5.16. The Bertz CT molecular complexity index is 368. The van der Waals surface area contributed by atoms with Crippen LogP contribution in [0.1, 0.15) is 25.8 Å². The highest BCUT2D eigenvalue weighted by Crippen LogP contribution is 2.18. The molecule has 80 valence electrons. The molecule has 1 aromatic carbocycles. The molecule has 0 fully saturated rings. The highest BCUT2D eigenvalue weighted by Gasteiger charge is 2.06. The Hall–Kier alpha value is -1.56. The fraction of sp³-hybridized carbons (Fsp3) is 0.417. The number of anilines is 1. The largest absolute Gasteiger partial charge is 0.372 e. The van der Waals surface area contributed by atoms with Crippen LogP contribution in [0.25, 0.3) is 0 Å². The third kappa shape index (κ3) is 2.95. The summed E-state index contributed by atoms with van der Waals surface area (Å²) in [4.78, 5) is 2.06. The van der Waals surface area contributed by atoms with Gasteiger partial charge in [-0.1, -0.05) is 6.92 Å². The molecule has 0 heterocycles. The number of benzene rings is 1. The first-order valence-electron chi connectivity index (χ1n) is 5.16. The van der Waals surface area contributed by atoms with Gasteiger partial charge in [0.2, 0.25) is 0 Å². The number of hydrogen-bond donors (Lipinski definition) is 0. The Kier molecular flexibility index (Phi) is 4.11. The fourth-order valence-electron chi connectivity index (χ4n) is 1.56. The third-order valence-electron chi connectivity index (χ3n) is 2.25. The van der Waals surface area contributed by atoms with E-state index in [1.54, 1.807) is 6.07 Å². The summed E-state index contributed by atoms with van der Waals surface area (Å²) in [5.41, 5.74) is 1.16. The number of nitrogens with zero attached hydrogens (tertiary/aromatic N) is 2. The molecule has 0 aliphatic heterocycles. The lowest BCUT2D eigenvalue weighted by Gasteiger charge is -2.22.